The van der Waals surface area contributed by atoms with E-state index in [0.29, 0.717) is 40.9 Å². The first-order valence-corrected chi connectivity index (χ1v) is 12.8. The molecular formula is C21H24N2O6S2. The SMILES string of the molecule is CCS(=O)c1ccccc1C(=O)N1CCN(S(=O)(=O)c2ccc3c(c2)OCCO3)CC1. The predicted molar refractivity (Wildman–Crippen MR) is 115 cm³/mol. The Morgan fingerprint density at radius 2 is 1.68 bits per heavy atom. The summed E-state index contributed by atoms with van der Waals surface area (Å²) < 4.78 is 50.8. The minimum absolute atomic E-state index is 0.139. The van der Waals surface area contributed by atoms with Crippen LogP contribution in [0.1, 0.15) is 17.3 Å². The molecule has 2 aliphatic heterocycles. The molecule has 0 aromatic heterocycles. The van der Waals surface area contributed by atoms with Crippen molar-refractivity contribution < 1.29 is 26.9 Å². The van der Waals surface area contributed by atoms with Crippen molar-refractivity contribution in [2.75, 3.05) is 45.1 Å². The van der Waals surface area contributed by atoms with Crippen LogP contribution < -0.4 is 9.47 Å². The van der Waals surface area contributed by atoms with Crippen LogP contribution >= 0.6 is 0 Å². The molecule has 1 amide bonds. The van der Waals surface area contributed by atoms with Gasteiger partial charge in [0.1, 0.15) is 13.2 Å². The van der Waals surface area contributed by atoms with Gasteiger partial charge in [-0.3, -0.25) is 9.00 Å². The number of piperazine rings is 1. The molecule has 0 N–H and O–H groups in total. The molecule has 2 aliphatic rings. The van der Waals surface area contributed by atoms with E-state index in [1.165, 1.54) is 16.4 Å². The summed E-state index contributed by atoms with van der Waals surface area (Å²) in [6.07, 6.45) is 0. The van der Waals surface area contributed by atoms with E-state index in [-0.39, 0.29) is 37.0 Å². The number of hydrogen-bond donors (Lipinski definition) is 0. The van der Waals surface area contributed by atoms with Crippen LogP contribution in [0.3, 0.4) is 0 Å². The van der Waals surface area contributed by atoms with Gasteiger partial charge in [-0.2, -0.15) is 4.31 Å². The third kappa shape index (κ3) is 4.32. The van der Waals surface area contributed by atoms with E-state index in [0.717, 1.165) is 0 Å². The molecule has 10 heteroatoms. The van der Waals surface area contributed by atoms with Gasteiger partial charge in [0.2, 0.25) is 10.0 Å². The number of hydrogen-bond acceptors (Lipinski definition) is 6. The number of ether oxygens (including phenoxy) is 2. The lowest BCUT2D eigenvalue weighted by molar-refractivity contribution is 0.0694. The van der Waals surface area contributed by atoms with Crippen molar-refractivity contribution in [2.24, 2.45) is 0 Å². The van der Waals surface area contributed by atoms with Crippen LogP contribution in [-0.2, 0) is 20.8 Å². The van der Waals surface area contributed by atoms with Gasteiger partial charge in [-0.25, -0.2) is 8.42 Å². The summed E-state index contributed by atoms with van der Waals surface area (Å²) in [5.74, 6) is 1.14. The third-order valence-electron chi connectivity index (χ3n) is 5.30. The molecule has 4 rings (SSSR count). The molecule has 0 aliphatic carbocycles. The molecule has 166 valence electrons. The largest absolute Gasteiger partial charge is 0.486 e. The zero-order valence-electron chi connectivity index (χ0n) is 17.2. The van der Waals surface area contributed by atoms with Crippen molar-refractivity contribution in [3.63, 3.8) is 0 Å². The van der Waals surface area contributed by atoms with E-state index < -0.39 is 20.8 Å². The van der Waals surface area contributed by atoms with Crippen molar-refractivity contribution in [3.05, 3.63) is 48.0 Å². The molecule has 2 heterocycles. The summed E-state index contributed by atoms with van der Waals surface area (Å²) in [6.45, 7) is 3.50. The predicted octanol–water partition coefficient (Wildman–Crippen LogP) is 1.73. The lowest BCUT2D eigenvalue weighted by Gasteiger charge is -2.34. The Kier molecular flexibility index (Phi) is 6.31. The maximum atomic E-state index is 13.1. The Bertz CT molecular complexity index is 1110. The van der Waals surface area contributed by atoms with Crippen LogP contribution in [-0.4, -0.2) is 72.9 Å². The fourth-order valence-corrected chi connectivity index (χ4v) is 6.01. The molecule has 2 aromatic carbocycles. The Labute approximate surface area is 184 Å². The van der Waals surface area contributed by atoms with Gasteiger partial charge in [-0.05, 0) is 24.3 Å². The molecule has 1 saturated heterocycles. The minimum atomic E-state index is -3.72. The molecule has 1 atom stereocenters. The number of nitrogens with zero attached hydrogens (tertiary/aromatic N) is 2. The quantitative estimate of drug-likeness (QED) is 0.669. The fourth-order valence-electron chi connectivity index (χ4n) is 3.63. The second-order valence-corrected chi connectivity index (χ2v) is 10.8. The second kappa shape index (κ2) is 8.97. The number of sulfonamides is 1. The molecule has 2 aromatic rings. The average molecular weight is 465 g/mol. The van der Waals surface area contributed by atoms with Gasteiger partial charge in [-0.1, -0.05) is 19.1 Å². The monoisotopic (exact) mass is 464 g/mol. The summed E-state index contributed by atoms with van der Waals surface area (Å²) in [5.41, 5.74) is 0.408. The van der Waals surface area contributed by atoms with Crippen molar-refractivity contribution >= 4 is 26.7 Å². The van der Waals surface area contributed by atoms with Gasteiger partial charge in [0.05, 0.1) is 26.2 Å². The first-order valence-electron chi connectivity index (χ1n) is 10.1. The van der Waals surface area contributed by atoms with Gasteiger partial charge < -0.3 is 14.4 Å². The molecule has 1 unspecified atom stereocenters. The normalized spacial score (nSPS) is 17.9. The summed E-state index contributed by atoms with van der Waals surface area (Å²) in [7, 11) is -4.97. The number of rotatable bonds is 5. The summed E-state index contributed by atoms with van der Waals surface area (Å²) in [6, 6.07) is 11.5. The Hall–Kier alpha value is -2.43. The lowest BCUT2D eigenvalue weighted by Crippen LogP contribution is -2.50. The van der Waals surface area contributed by atoms with Crippen LogP contribution in [0.25, 0.3) is 0 Å². The zero-order valence-corrected chi connectivity index (χ0v) is 18.8. The molecule has 1 fully saturated rings. The van der Waals surface area contributed by atoms with E-state index in [1.807, 2.05) is 0 Å². The van der Waals surface area contributed by atoms with Gasteiger partial charge in [0.25, 0.3) is 5.91 Å². The van der Waals surface area contributed by atoms with Crippen molar-refractivity contribution in [1.29, 1.82) is 0 Å². The number of carbonyl (C=O) groups excluding carboxylic acids is 1. The zero-order chi connectivity index (χ0) is 22.0. The summed E-state index contributed by atoms with van der Waals surface area (Å²) >= 11 is 0. The number of fused-ring (bicyclic) bond motifs is 1. The van der Waals surface area contributed by atoms with Crippen LogP contribution in [0, 0.1) is 0 Å². The highest BCUT2D eigenvalue weighted by Crippen LogP contribution is 2.33. The number of amides is 1. The molecule has 0 saturated carbocycles. The molecule has 31 heavy (non-hydrogen) atoms. The first-order chi connectivity index (χ1) is 14.9. The first kappa shape index (κ1) is 21.8. The highest BCUT2D eigenvalue weighted by Gasteiger charge is 2.32. The van der Waals surface area contributed by atoms with E-state index in [2.05, 4.69) is 0 Å². The minimum Gasteiger partial charge on any atom is -0.486 e. The maximum Gasteiger partial charge on any atom is 0.255 e. The number of carbonyl (C=O) groups is 1. The topological polar surface area (TPSA) is 93.2 Å². The van der Waals surface area contributed by atoms with Crippen molar-refractivity contribution in [2.45, 2.75) is 16.7 Å². The molecule has 0 radical (unpaired) electrons. The van der Waals surface area contributed by atoms with Crippen LogP contribution in [0.4, 0.5) is 0 Å². The van der Waals surface area contributed by atoms with Crippen LogP contribution in [0.15, 0.2) is 52.3 Å². The number of benzene rings is 2. The highest BCUT2D eigenvalue weighted by atomic mass is 32.2. The van der Waals surface area contributed by atoms with Gasteiger partial charge >= 0.3 is 0 Å². The smallest absolute Gasteiger partial charge is 0.255 e. The van der Waals surface area contributed by atoms with Gasteiger partial charge in [0, 0.05) is 38.0 Å². The average Bonchev–Trinajstić information content (AvgIpc) is 2.82. The van der Waals surface area contributed by atoms with E-state index in [4.69, 9.17) is 9.47 Å². The van der Waals surface area contributed by atoms with Gasteiger partial charge in [-0.15, -0.1) is 0 Å². The Morgan fingerprint density at radius 3 is 2.39 bits per heavy atom. The van der Waals surface area contributed by atoms with Crippen molar-refractivity contribution in [1.82, 2.24) is 9.21 Å². The molecule has 8 nitrogen and oxygen atoms in total. The van der Waals surface area contributed by atoms with E-state index in [1.54, 1.807) is 42.2 Å². The molecule has 0 bridgehead atoms. The van der Waals surface area contributed by atoms with Crippen molar-refractivity contribution in [3.8, 4) is 11.5 Å². The summed E-state index contributed by atoms with van der Waals surface area (Å²) in [4.78, 5) is 15.3. The highest BCUT2D eigenvalue weighted by molar-refractivity contribution is 7.89. The standard InChI is InChI=1S/C21H24N2O6S2/c1-2-30(25)20-6-4-3-5-17(20)21(24)22-9-11-23(12-10-22)31(26,27)16-7-8-18-19(15-16)29-14-13-28-18/h3-8,15H,2,9-14H2,1H3. The van der Waals surface area contributed by atoms with E-state index >= 15 is 0 Å². The Morgan fingerprint density at radius 1 is 1.00 bits per heavy atom. The molecular weight excluding hydrogens is 440 g/mol. The van der Waals surface area contributed by atoms with E-state index in [9.17, 15) is 17.4 Å². The molecule has 0 spiro atoms. The van der Waals surface area contributed by atoms with Gasteiger partial charge in [0.15, 0.2) is 11.5 Å². The third-order valence-corrected chi connectivity index (χ3v) is 8.57. The maximum absolute atomic E-state index is 13.1. The fraction of sp³-hybridized carbons (Fsp3) is 0.381. The Balaban J connectivity index is 1.47. The summed E-state index contributed by atoms with van der Waals surface area (Å²) in [5, 5.41) is 0. The van der Waals surface area contributed by atoms with Crippen LogP contribution in [0.5, 0.6) is 11.5 Å². The second-order valence-electron chi connectivity index (χ2n) is 7.13. The van der Waals surface area contributed by atoms with Crippen LogP contribution in [0.2, 0.25) is 0 Å². The lowest BCUT2D eigenvalue weighted by atomic mass is 10.2.